The Morgan fingerprint density at radius 1 is 1.50 bits per heavy atom. The molecular formula is C9H19NO2. The van der Waals surface area contributed by atoms with E-state index in [1.165, 1.54) is 12.8 Å². The number of aliphatic hydroxyl groups is 1. The Balaban J connectivity index is 2.20. The number of rotatable bonds is 3. The van der Waals surface area contributed by atoms with Gasteiger partial charge in [-0.05, 0) is 19.8 Å². The van der Waals surface area contributed by atoms with Crippen molar-refractivity contribution in [1.82, 2.24) is 0 Å². The summed E-state index contributed by atoms with van der Waals surface area (Å²) in [6.07, 6.45) is 4.33. The molecule has 0 radical (unpaired) electrons. The molecule has 0 amide bonds. The molecule has 3 unspecified atom stereocenters. The number of ether oxygens (including phenoxy) is 1. The van der Waals surface area contributed by atoms with Crippen LogP contribution < -0.4 is 5.73 Å². The van der Waals surface area contributed by atoms with Gasteiger partial charge in [0.25, 0.3) is 0 Å². The zero-order chi connectivity index (χ0) is 8.97. The average molecular weight is 173 g/mol. The smallest absolute Gasteiger partial charge is 0.0745 e. The van der Waals surface area contributed by atoms with Gasteiger partial charge in [-0.1, -0.05) is 12.8 Å². The van der Waals surface area contributed by atoms with Crippen molar-refractivity contribution >= 4 is 0 Å². The first-order chi connectivity index (χ1) is 5.70. The van der Waals surface area contributed by atoms with Crippen LogP contribution in [0.2, 0.25) is 0 Å². The summed E-state index contributed by atoms with van der Waals surface area (Å²) in [6, 6.07) is 0.178. The van der Waals surface area contributed by atoms with Crippen molar-refractivity contribution in [2.24, 2.45) is 5.73 Å². The van der Waals surface area contributed by atoms with E-state index in [0.717, 1.165) is 12.8 Å². The van der Waals surface area contributed by atoms with Crippen LogP contribution in [-0.2, 0) is 4.74 Å². The zero-order valence-corrected chi connectivity index (χ0v) is 7.70. The highest BCUT2D eigenvalue weighted by atomic mass is 16.5. The second-order valence-corrected chi connectivity index (χ2v) is 3.67. The van der Waals surface area contributed by atoms with E-state index in [1.54, 1.807) is 6.92 Å². The largest absolute Gasteiger partial charge is 0.391 e. The Hall–Kier alpha value is -0.120. The second-order valence-electron chi connectivity index (χ2n) is 3.67. The standard InChI is InChI=1S/C9H19NO2/c1-7(11)6-12-9-5-3-2-4-8(9)10/h7-9,11H,2-6,10H2,1H3. The third-order valence-electron chi connectivity index (χ3n) is 2.31. The maximum atomic E-state index is 9.00. The number of hydrogen-bond donors (Lipinski definition) is 2. The van der Waals surface area contributed by atoms with E-state index in [9.17, 15) is 0 Å². The lowest BCUT2D eigenvalue weighted by Crippen LogP contribution is -2.40. The molecule has 3 nitrogen and oxygen atoms in total. The summed E-state index contributed by atoms with van der Waals surface area (Å²) in [4.78, 5) is 0. The van der Waals surface area contributed by atoms with E-state index in [0.29, 0.717) is 6.61 Å². The summed E-state index contributed by atoms with van der Waals surface area (Å²) >= 11 is 0. The van der Waals surface area contributed by atoms with E-state index >= 15 is 0 Å². The first kappa shape index (κ1) is 9.96. The van der Waals surface area contributed by atoms with Crippen molar-refractivity contribution in [1.29, 1.82) is 0 Å². The Morgan fingerprint density at radius 3 is 2.75 bits per heavy atom. The van der Waals surface area contributed by atoms with Gasteiger partial charge in [-0.2, -0.15) is 0 Å². The van der Waals surface area contributed by atoms with Crippen molar-refractivity contribution in [3.05, 3.63) is 0 Å². The minimum atomic E-state index is -0.376. The van der Waals surface area contributed by atoms with Crippen LogP contribution in [0.15, 0.2) is 0 Å². The van der Waals surface area contributed by atoms with Crippen molar-refractivity contribution < 1.29 is 9.84 Å². The van der Waals surface area contributed by atoms with Gasteiger partial charge >= 0.3 is 0 Å². The molecule has 1 rings (SSSR count). The molecule has 1 aliphatic carbocycles. The SMILES string of the molecule is CC(O)COC1CCCCC1N. The van der Waals surface area contributed by atoms with Crippen molar-refractivity contribution in [2.45, 2.75) is 50.9 Å². The highest BCUT2D eigenvalue weighted by Crippen LogP contribution is 2.19. The summed E-state index contributed by atoms with van der Waals surface area (Å²) in [5, 5.41) is 9.00. The van der Waals surface area contributed by atoms with Crippen LogP contribution in [0, 0.1) is 0 Å². The van der Waals surface area contributed by atoms with Crippen LogP contribution in [0.5, 0.6) is 0 Å². The molecule has 3 heteroatoms. The molecule has 1 aliphatic rings. The predicted octanol–water partition coefficient (Wildman–Crippen LogP) is 0.654. The maximum Gasteiger partial charge on any atom is 0.0745 e. The Bertz CT molecular complexity index is 128. The zero-order valence-electron chi connectivity index (χ0n) is 7.70. The van der Waals surface area contributed by atoms with E-state index < -0.39 is 0 Å². The molecule has 0 heterocycles. The van der Waals surface area contributed by atoms with Gasteiger partial charge in [0.1, 0.15) is 0 Å². The Kier molecular flexibility index (Phi) is 3.98. The number of hydrogen-bond acceptors (Lipinski definition) is 3. The van der Waals surface area contributed by atoms with Crippen molar-refractivity contribution in [2.75, 3.05) is 6.61 Å². The van der Waals surface area contributed by atoms with Crippen molar-refractivity contribution in [3.63, 3.8) is 0 Å². The molecule has 0 aromatic heterocycles. The molecule has 0 aliphatic heterocycles. The quantitative estimate of drug-likeness (QED) is 0.659. The fourth-order valence-corrected chi connectivity index (χ4v) is 1.60. The summed E-state index contributed by atoms with van der Waals surface area (Å²) in [7, 11) is 0. The maximum absolute atomic E-state index is 9.00. The van der Waals surface area contributed by atoms with Crippen LogP contribution in [0.4, 0.5) is 0 Å². The van der Waals surface area contributed by atoms with E-state index in [-0.39, 0.29) is 18.2 Å². The lowest BCUT2D eigenvalue weighted by Gasteiger charge is -2.28. The van der Waals surface area contributed by atoms with Gasteiger partial charge in [0.05, 0.1) is 18.8 Å². The number of aliphatic hydroxyl groups excluding tert-OH is 1. The van der Waals surface area contributed by atoms with Crippen LogP contribution >= 0.6 is 0 Å². The topological polar surface area (TPSA) is 55.5 Å². The molecule has 0 saturated heterocycles. The Morgan fingerprint density at radius 2 is 2.17 bits per heavy atom. The molecule has 0 bridgehead atoms. The second kappa shape index (κ2) is 4.80. The molecule has 1 fully saturated rings. The molecule has 0 aromatic rings. The van der Waals surface area contributed by atoms with E-state index in [1.807, 2.05) is 0 Å². The number of nitrogens with two attached hydrogens (primary N) is 1. The van der Waals surface area contributed by atoms with Gasteiger partial charge in [-0.25, -0.2) is 0 Å². The molecule has 3 N–H and O–H groups in total. The molecular weight excluding hydrogens is 154 g/mol. The molecule has 0 aromatic carbocycles. The average Bonchev–Trinajstić information content (AvgIpc) is 2.03. The van der Waals surface area contributed by atoms with Gasteiger partial charge in [0.2, 0.25) is 0 Å². The normalized spacial score (nSPS) is 33.2. The molecule has 12 heavy (non-hydrogen) atoms. The van der Waals surface area contributed by atoms with E-state index in [4.69, 9.17) is 15.6 Å². The van der Waals surface area contributed by atoms with Crippen molar-refractivity contribution in [3.8, 4) is 0 Å². The minimum Gasteiger partial charge on any atom is -0.391 e. The fourth-order valence-electron chi connectivity index (χ4n) is 1.60. The lowest BCUT2D eigenvalue weighted by molar-refractivity contribution is -0.0267. The van der Waals surface area contributed by atoms with E-state index in [2.05, 4.69) is 0 Å². The van der Waals surface area contributed by atoms with Gasteiger partial charge in [0, 0.05) is 6.04 Å². The third kappa shape index (κ3) is 3.09. The third-order valence-corrected chi connectivity index (χ3v) is 2.31. The highest BCUT2D eigenvalue weighted by Gasteiger charge is 2.22. The van der Waals surface area contributed by atoms with Crippen LogP contribution in [0.3, 0.4) is 0 Å². The summed E-state index contributed by atoms with van der Waals surface area (Å²) in [5.41, 5.74) is 5.86. The Labute approximate surface area is 73.9 Å². The molecule has 3 atom stereocenters. The minimum absolute atomic E-state index is 0.174. The van der Waals surface area contributed by atoms with Gasteiger partial charge in [0.15, 0.2) is 0 Å². The van der Waals surface area contributed by atoms with Gasteiger partial charge < -0.3 is 15.6 Å². The summed E-state index contributed by atoms with van der Waals surface area (Å²) in [6.45, 7) is 2.15. The molecule has 72 valence electrons. The lowest BCUT2D eigenvalue weighted by atomic mass is 9.93. The fraction of sp³-hybridized carbons (Fsp3) is 1.00. The van der Waals surface area contributed by atoms with Gasteiger partial charge in [-0.3, -0.25) is 0 Å². The highest BCUT2D eigenvalue weighted by molar-refractivity contribution is 4.78. The first-order valence-corrected chi connectivity index (χ1v) is 4.75. The van der Waals surface area contributed by atoms with Gasteiger partial charge in [-0.15, -0.1) is 0 Å². The molecule has 0 spiro atoms. The van der Waals surface area contributed by atoms with Crippen LogP contribution in [0.1, 0.15) is 32.6 Å². The van der Waals surface area contributed by atoms with Crippen LogP contribution in [0.25, 0.3) is 0 Å². The summed E-state index contributed by atoms with van der Waals surface area (Å²) < 4.78 is 5.48. The monoisotopic (exact) mass is 173 g/mol. The first-order valence-electron chi connectivity index (χ1n) is 4.75. The predicted molar refractivity (Wildman–Crippen MR) is 47.9 cm³/mol. The molecule has 1 saturated carbocycles. The van der Waals surface area contributed by atoms with Crippen LogP contribution in [-0.4, -0.2) is 30.0 Å². The summed E-state index contributed by atoms with van der Waals surface area (Å²) in [5.74, 6) is 0.